The molecule has 39 heavy (non-hydrogen) atoms. The molecule has 2 aliphatic heterocycles. The molecule has 0 unspecified atom stereocenters. The lowest BCUT2D eigenvalue weighted by Crippen LogP contribution is -2.39. The van der Waals surface area contributed by atoms with Crippen LogP contribution in [-0.4, -0.2) is 77.3 Å². The molecule has 0 saturated carbocycles. The van der Waals surface area contributed by atoms with Gasteiger partial charge in [0.2, 0.25) is 5.91 Å². The molecule has 2 fully saturated rings. The number of ether oxygens (including phenoxy) is 2. The molecule has 2 aliphatic rings. The smallest absolute Gasteiger partial charge is 0.254 e. The second-order valence-electron chi connectivity index (χ2n) is 9.73. The number of primary amides is 1. The van der Waals surface area contributed by atoms with Gasteiger partial charge in [0, 0.05) is 44.4 Å². The van der Waals surface area contributed by atoms with Crippen LogP contribution >= 0.6 is 0 Å². The van der Waals surface area contributed by atoms with Gasteiger partial charge in [0.15, 0.2) is 0 Å². The molecule has 5 rings (SSSR count). The first-order chi connectivity index (χ1) is 19.0. The number of nitrogen functional groups attached to an aromatic ring is 1. The summed E-state index contributed by atoms with van der Waals surface area (Å²) in [4.78, 5) is 29.2. The molecule has 10 heteroatoms. The van der Waals surface area contributed by atoms with Crippen molar-refractivity contribution in [2.24, 2.45) is 5.73 Å². The Morgan fingerprint density at radius 1 is 0.974 bits per heavy atom. The van der Waals surface area contributed by atoms with Gasteiger partial charge in [0.05, 0.1) is 19.3 Å². The Hall–Kier alpha value is -4.15. The van der Waals surface area contributed by atoms with E-state index < -0.39 is 5.91 Å². The number of hydrogen-bond acceptors (Lipinski definition) is 7. The highest BCUT2D eigenvalue weighted by Gasteiger charge is 2.29. The number of rotatable bonds is 8. The highest BCUT2D eigenvalue weighted by Crippen LogP contribution is 2.33. The minimum atomic E-state index is -0.628. The third-order valence-corrected chi connectivity index (χ3v) is 7.15. The topological polar surface area (TPSA) is 129 Å². The molecule has 2 amide bonds. The van der Waals surface area contributed by atoms with Crippen LogP contribution in [0.15, 0.2) is 66.7 Å². The highest BCUT2D eigenvalue weighted by molar-refractivity contribution is 6.03. The van der Waals surface area contributed by atoms with Crippen molar-refractivity contribution in [3.63, 3.8) is 0 Å². The molecule has 10 nitrogen and oxygen atoms in total. The van der Waals surface area contributed by atoms with E-state index in [2.05, 4.69) is 4.90 Å². The molecule has 0 aliphatic carbocycles. The minimum Gasteiger partial charge on any atom is -0.457 e. The predicted octanol–water partition coefficient (Wildman–Crippen LogP) is 3.08. The van der Waals surface area contributed by atoms with Gasteiger partial charge in [-0.3, -0.25) is 14.5 Å². The number of anilines is 1. The summed E-state index contributed by atoms with van der Waals surface area (Å²) in [5, 5.41) is 4.73. The maximum absolute atomic E-state index is 12.7. The predicted molar refractivity (Wildman–Crippen MR) is 148 cm³/mol. The third kappa shape index (κ3) is 6.30. The van der Waals surface area contributed by atoms with E-state index in [4.69, 9.17) is 26.0 Å². The number of amides is 2. The van der Waals surface area contributed by atoms with Crippen LogP contribution in [0, 0.1) is 0 Å². The van der Waals surface area contributed by atoms with Gasteiger partial charge >= 0.3 is 0 Å². The van der Waals surface area contributed by atoms with Gasteiger partial charge in [0.25, 0.3) is 5.91 Å². The summed E-state index contributed by atoms with van der Waals surface area (Å²) in [5.74, 6) is 1.02. The Kier molecular flexibility index (Phi) is 8.24. The fourth-order valence-electron chi connectivity index (χ4n) is 5.00. The lowest BCUT2D eigenvalue weighted by Gasteiger charge is -2.32. The van der Waals surface area contributed by atoms with Crippen molar-refractivity contribution in [2.45, 2.75) is 18.9 Å². The van der Waals surface area contributed by atoms with Gasteiger partial charge in [-0.25, -0.2) is 4.68 Å². The molecule has 0 atom stereocenters. The molecule has 0 bridgehead atoms. The number of hydrogen-bond donors (Lipinski definition) is 2. The van der Waals surface area contributed by atoms with E-state index in [9.17, 15) is 9.59 Å². The first kappa shape index (κ1) is 26.5. The molecule has 4 N–H and O–H groups in total. The maximum atomic E-state index is 12.7. The number of piperidine rings is 1. The number of para-hydroxylation sites is 1. The second kappa shape index (κ2) is 12.1. The number of likely N-dealkylation sites (tertiary alicyclic amines) is 1. The largest absolute Gasteiger partial charge is 0.457 e. The standard InChI is InChI=1S/C29H34N6O4/c30-28-26(29(31)37)27(21-8-10-24(11-9-21)39-23-5-2-1-3-6-23)32-35(28)22-12-15-34(16-13-22)25(36)7-4-14-33-17-19-38-20-18-33/h1-11,22H,12-20,30H2,(H2,31,37)/b7-4+. The molecule has 204 valence electrons. The zero-order valence-electron chi connectivity index (χ0n) is 21.9. The van der Waals surface area contributed by atoms with Crippen LogP contribution in [0.3, 0.4) is 0 Å². The van der Waals surface area contributed by atoms with Gasteiger partial charge in [-0.1, -0.05) is 24.3 Å². The molecular weight excluding hydrogens is 496 g/mol. The lowest BCUT2D eigenvalue weighted by atomic mass is 10.0. The zero-order valence-corrected chi connectivity index (χ0v) is 21.9. The summed E-state index contributed by atoms with van der Waals surface area (Å²) in [6.45, 7) is 5.15. The first-order valence-electron chi connectivity index (χ1n) is 13.3. The van der Waals surface area contributed by atoms with Crippen molar-refractivity contribution in [3.05, 3.63) is 72.3 Å². The Morgan fingerprint density at radius 2 is 1.64 bits per heavy atom. The van der Waals surface area contributed by atoms with E-state index in [0.29, 0.717) is 42.9 Å². The van der Waals surface area contributed by atoms with Crippen molar-refractivity contribution in [3.8, 4) is 22.8 Å². The molecule has 0 spiro atoms. The van der Waals surface area contributed by atoms with Gasteiger partial charge in [-0.05, 0) is 49.2 Å². The SMILES string of the molecule is NC(=O)c1c(-c2ccc(Oc3ccccc3)cc2)nn(C2CCN(C(=O)/C=C/CN3CCOCC3)CC2)c1N. The molecule has 3 heterocycles. The van der Waals surface area contributed by atoms with E-state index >= 15 is 0 Å². The highest BCUT2D eigenvalue weighted by atomic mass is 16.5. The molecule has 1 aromatic heterocycles. The number of benzene rings is 2. The van der Waals surface area contributed by atoms with E-state index in [1.54, 1.807) is 10.8 Å². The molecule has 0 radical (unpaired) electrons. The van der Waals surface area contributed by atoms with Crippen molar-refractivity contribution in [2.75, 3.05) is 51.7 Å². The third-order valence-electron chi connectivity index (χ3n) is 7.15. The van der Waals surface area contributed by atoms with Gasteiger partial charge in [0.1, 0.15) is 28.6 Å². The Balaban J connectivity index is 1.24. The van der Waals surface area contributed by atoms with Crippen LogP contribution in [0.25, 0.3) is 11.3 Å². The zero-order chi connectivity index (χ0) is 27.2. The first-order valence-corrected chi connectivity index (χ1v) is 13.3. The minimum absolute atomic E-state index is 0.00599. The monoisotopic (exact) mass is 530 g/mol. The summed E-state index contributed by atoms with van der Waals surface area (Å²) in [6, 6.07) is 16.8. The van der Waals surface area contributed by atoms with Crippen molar-refractivity contribution in [1.29, 1.82) is 0 Å². The number of morpholine rings is 1. The Bertz CT molecular complexity index is 1310. The number of nitrogens with zero attached hydrogens (tertiary/aromatic N) is 4. The Morgan fingerprint density at radius 3 is 2.31 bits per heavy atom. The molecular formula is C29H34N6O4. The van der Waals surface area contributed by atoms with E-state index in [-0.39, 0.29) is 23.3 Å². The number of carbonyl (C=O) groups is 2. The average Bonchev–Trinajstić information content (AvgIpc) is 3.32. The number of carbonyl (C=O) groups excluding carboxylic acids is 2. The van der Waals surface area contributed by atoms with Crippen molar-refractivity contribution >= 4 is 17.6 Å². The van der Waals surface area contributed by atoms with Gasteiger partial charge in [-0.2, -0.15) is 5.10 Å². The maximum Gasteiger partial charge on any atom is 0.254 e. The normalized spacial score (nSPS) is 17.0. The summed E-state index contributed by atoms with van der Waals surface area (Å²) >= 11 is 0. The summed E-state index contributed by atoms with van der Waals surface area (Å²) in [7, 11) is 0. The molecule has 2 aromatic carbocycles. The lowest BCUT2D eigenvalue weighted by molar-refractivity contribution is -0.127. The van der Waals surface area contributed by atoms with Crippen LogP contribution in [0.1, 0.15) is 29.2 Å². The van der Waals surface area contributed by atoms with Crippen LogP contribution in [0.2, 0.25) is 0 Å². The molecule has 3 aromatic rings. The van der Waals surface area contributed by atoms with Gasteiger partial charge in [-0.15, -0.1) is 0 Å². The molecule has 2 saturated heterocycles. The average molecular weight is 531 g/mol. The van der Waals surface area contributed by atoms with Crippen LogP contribution in [0.5, 0.6) is 11.5 Å². The van der Waals surface area contributed by atoms with E-state index in [1.807, 2.05) is 65.6 Å². The Labute approximate surface area is 227 Å². The fraction of sp³-hybridized carbons (Fsp3) is 0.345. The van der Waals surface area contributed by atoms with Crippen molar-refractivity contribution in [1.82, 2.24) is 19.6 Å². The summed E-state index contributed by atoms with van der Waals surface area (Å²) < 4.78 is 12.9. The quantitative estimate of drug-likeness (QED) is 0.428. The van der Waals surface area contributed by atoms with Crippen LogP contribution < -0.4 is 16.2 Å². The summed E-state index contributed by atoms with van der Waals surface area (Å²) in [6.07, 6.45) is 4.94. The van der Waals surface area contributed by atoms with E-state index in [1.165, 1.54) is 0 Å². The van der Waals surface area contributed by atoms with E-state index in [0.717, 1.165) is 38.6 Å². The van der Waals surface area contributed by atoms with Gasteiger partial charge < -0.3 is 25.8 Å². The number of aromatic nitrogens is 2. The van der Waals surface area contributed by atoms with Crippen LogP contribution in [-0.2, 0) is 9.53 Å². The van der Waals surface area contributed by atoms with Crippen LogP contribution in [0.4, 0.5) is 5.82 Å². The van der Waals surface area contributed by atoms with Crippen molar-refractivity contribution < 1.29 is 19.1 Å². The summed E-state index contributed by atoms with van der Waals surface area (Å²) in [5.41, 5.74) is 13.5. The second-order valence-corrected chi connectivity index (χ2v) is 9.73. The number of nitrogens with two attached hydrogens (primary N) is 2. The fourth-order valence-corrected chi connectivity index (χ4v) is 5.00.